The fraction of sp³-hybridized carbons (Fsp3) is 0.381. The molecule has 8 heteroatoms. The van der Waals surface area contributed by atoms with E-state index in [4.69, 9.17) is 4.74 Å². The van der Waals surface area contributed by atoms with Gasteiger partial charge in [0.2, 0.25) is 0 Å². The van der Waals surface area contributed by atoms with Crippen LogP contribution in [0.4, 0.5) is 0 Å². The molecular weight excluding hydrogens is 380 g/mol. The van der Waals surface area contributed by atoms with Gasteiger partial charge in [-0.25, -0.2) is 0 Å². The minimum atomic E-state index is -1.48. The third kappa shape index (κ3) is 3.46. The van der Waals surface area contributed by atoms with E-state index < -0.39 is 51.4 Å². The summed E-state index contributed by atoms with van der Waals surface area (Å²) in [5, 5.41) is 41.9. The summed E-state index contributed by atoms with van der Waals surface area (Å²) < 4.78 is 5.17. The van der Waals surface area contributed by atoms with Crippen molar-refractivity contribution in [2.24, 2.45) is 5.41 Å². The van der Waals surface area contributed by atoms with Crippen LogP contribution in [0.2, 0.25) is 0 Å². The van der Waals surface area contributed by atoms with E-state index in [2.05, 4.69) is 0 Å². The maximum absolute atomic E-state index is 12.5. The first-order valence-corrected chi connectivity index (χ1v) is 8.96. The highest BCUT2D eigenvalue weighted by Gasteiger charge is 2.44. The molecule has 1 aromatic rings. The predicted molar refractivity (Wildman–Crippen MR) is 103 cm³/mol. The van der Waals surface area contributed by atoms with E-state index in [-0.39, 0.29) is 35.3 Å². The van der Waals surface area contributed by atoms with E-state index in [1.807, 2.05) is 0 Å². The largest absolute Gasteiger partial charge is 0.511 e. The minimum absolute atomic E-state index is 0.000154. The van der Waals surface area contributed by atoms with Crippen molar-refractivity contribution in [1.82, 2.24) is 0 Å². The molecule has 29 heavy (non-hydrogen) atoms. The number of aliphatic hydroxyl groups is 2. The molecule has 0 heterocycles. The number of carbonyl (C=O) groups is 3. The van der Waals surface area contributed by atoms with Crippen LogP contribution in [-0.2, 0) is 16.0 Å². The van der Waals surface area contributed by atoms with Gasteiger partial charge in [-0.1, -0.05) is 6.92 Å². The predicted octanol–water partition coefficient (Wildman–Crippen LogP) is 3.06. The lowest BCUT2D eigenvalue weighted by molar-refractivity contribution is -0.126. The molecule has 0 unspecified atom stereocenters. The van der Waals surface area contributed by atoms with Crippen LogP contribution in [0.5, 0.6) is 17.2 Å². The van der Waals surface area contributed by atoms with Gasteiger partial charge in [0.25, 0.3) is 0 Å². The van der Waals surface area contributed by atoms with Crippen LogP contribution < -0.4 is 4.74 Å². The third-order valence-electron chi connectivity index (χ3n) is 5.06. The van der Waals surface area contributed by atoms with Crippen molar-refractivity contribution in [2.45, 2.75) is 40.5 Å². The Balaban J connectivity index is 2.78. The average Bonchev–Trinajstić information content (AvgIpc) is 2.64. The zero-order valence-corrected chi connectivity index (χ0v) is 16.9. The molecule has 0 saturated heterocycles. The lowest BCUT2D eigenvalue weighted by atomic mass is 9.73. The summed E-state index contributed by atoms with van der Waals surface area (Å²) in [5.41, 5.74) is -2.41. The zero-order valence-electron chi connectivity index (χ0n) is 16.9. The second kappa shape index (κ2) is 7.62. The molecule has 4 N–H and O–H groups in total. The van der Waals surface area contributed by atoms with Crippen molar-refractivity contribution in [3.8, 4) is 17.2 Å². The van der Waals surface area contributed by atoms with Gasteiger partial charge in [0, 0.05) is 30.0 Å². The number of phenols is 2. The molecule has 8 nitrogen and oxygen atoms in total. The van der Waals surface area contributed by atoms with Crippen LogP contribution in [-0.4, -0.2) is 44.9 Å². The average molecular weight is 404 g/mol. The number of rotatable bonds is 6. The number of allylic oxidation sites excluding steroid dienone is 3. The summed E-state index contributed by atoms with van der Waals surface area (Å²) in [6.07, 6.45) is -0.341. The number of ether oxygens (including phenoxy) is 1. The SMILES string of the molecule is CCC(=O)c1c(O)cc(OC)c(CC2=C(O)C(C)(C)C(=O)C(C(C)=O)=C2O)c1O. The van der Waals surface area contributed by atoms with E-state index >= 15 is 0 Å². The Morgan fingerprint density at radius 2 is 1.72 bits per heavy atom. The highest BCUT2D eigenvalue weighted by molar-refractivity contribution is 6.23. The summed E-state index contributed by atoms with van der Waals surface area (Å²) in [7, 11) is 1.28. The van der Waals surface area contributed by atoms with Crippen molar-refractivity contribution < 1.29 is 39.5 Å². The first-order valence-electron chi connectivity index (χ1n) is 8.96. The Morgan fingerprint density at radius 3 is 2.21 bits per heavy atom. The number of methoxy groups -OCH3 is 1. The van der Waals surface area contributed by atoms with Crippen molar-refractivity contribution in [1.29, 1.82) is 0 Å². The number of Topliss-reactive ketones (excluding diaryl/α,β-unsaturated/α-hetero) is 3. The molecular formula is C21H24O8. The van der Waals surface area contributed by atoms with Crippen molar-refractivity contribution in [2.75, 3.05) is 7.11 Å². The Labute approximate surface area is 167 Å². The van der Waals surface area contributed by atoms with Crippen LogP contribution in [0.15, 0.2) is 28.7 Å². The quantitative estimate of drug-likeness (QED) is 0.419. The molecule has 1 aliphatic rings. The molecule has 0 amide bonds. The van der Waals surface area contributed by atoms with Gasteiger partial charge in [0.1, 0.15) is 39.9 Å². The summed E-state index contributed by atoms with van der Waals surface area (Å²) >= 11 is 0. The molecule has 1 aromatic carbocycles. The Bertz CT molecular complexity index is 979. The van der Waals surface area contributed by atoms with E-state index in [1.54, 1.807) is 6.92 Å². The number of benzene rings is 1. The zero-order chi connectivity index (χ0) is 22.3. The molecule has 0 spiro atoms. The highest BCUT2D eigenvalue weighted by atomic mass is 16.5. The molecule has 0 saturated carbocycles. The number of aromatic hydroxyl groups is 2. The first-order chi connectivity index (χ1) is 13.4. The van der Waals surface area contributed by atoms with Crippen LogP contribution in [0, 0.1) is 5.41 Å². The first kappa shape index (κ1) is 22.0. The van der Waals surface area contributed by atoms with Crippen molar-refractivity contribution in [3.05, 3.63) is 39.9 Å². The van der Waals surface area contributed by atoms with E-state index in [0.717, 1.165) is 13.0 Å². The van der Waals surface area contributed by atoms with Crippen LogP contribution in [0.25, 0.3) is 0 Å². The van der Waals surface area contributed by atoms with Gasteiger partial charge < -0.3 is 25.2 Å². The summed E-state index contributed by atoms with van der Waals surface area (Å²) in [4.78, 5) is 36.6. The van der Waals surface area contributed by atoms with Crippen molar-refractivity contribution in [3.63, 3.8) is 0 Å². The van der Waals surface area contributed by atoms with Crippen molar-refractivity contribution >= 4 is 17.3 Å². The van der Waals surface area contributed by atoms with Gasteiger partial charge in [0.05, 0.1) is 12.5 Å². The molecule has 0 bridgehead atoms. The van der Waals surface area contributed by atoms with Gasteiger partial charge in [-0.3, -0.25) is 14.4 Å². The second-order valence-corrected chi connectivity index (χ2v) is 7.31. The molecule has 0 atom stereocenters. The Hall–Kier alpha value is -3.29. The number of hydrogen-bond donors (Lipinski definition) is 4. The van der Waals surface area contributed by atoms with Gasteiger partial charge in [-0.2, -0.15) is 0 Å². The monoisotopic (exact) mass is 404 g/mol. The van der Waals surface area contributed by atoms with Gasteiger partial charge in [-0.15, -0.1) is 0 Å². The molecule has 0 aromatic heterocycles. The number of aliphatic hydroxyl groups excluding tert-OH is 2. The Kier molecular flexibility index (Phi) is 5.78. The van der Waals surface area contributed by atoms with E-state index in [0.29, 0.717) is 0 Å². The molecule has 156 valence electrons. The standard InChI is InChI=1S/C21H24O8/c1-6-12(23)16-13(24)8-14(29-5)10(17(16)25)7-11-18(26)15(9(2)22)20(28)21(3,4)19(11)27/h8,24-27H,6-7H2,1-5H3. The van der Waals surface area contributed by atoms with Gasteiger partial charge >= 0.3 is 0 Å². The maximum Gasteiger partial charge on any atom is 0.183 e. The summed E-state index contributed by atoms with van der Waals surface area (Å²) in [6, 6.07) is 1.14. The van der Waals surface area contributed by atoms with E-state index in [9.17, 15) is 34.8 Å². The van der Waals surface area contributed by atoms with Crippen LogP contribution in [0.1, 0.15) is 50.0 Å². The molecule has 0 aliphatic heterocycles. The van der Waals surface area contributed by atoms with Gasteiger partial charge in [-0.05, 0) is 20.8 Å². The summed E-state index contributed by atoms with van der Waals surface area (Å²) in [5.74, 6) is -4.13. The summed E-state index contributed by atoms with van der Waals surface area (Å²) in [6.45, 7) is 5.48. The highest BCUT2D eigenvalue weighted by Crippen LogP contribution is 2.44. The number of ketones is 3. The third-order valence-corrected chi connectivity index (χ3v) is 5.06. The van der Waals surface area contributed by atoms with Gasteiger partial charge in [0.15, 0.2) is 17.3 Å². The maximum atomic E-state index is 12.5. The molecule has 0 radical (unpaired) electrons. The number of carbonyl (C=O) groups excluding carboxylic acids is 3. The fourth-order valence-corrected chi connectivity index (χ4v) is 3.32. The molecule has 1 aliphatic carbocycles. The second-order valence-electron chi connectivity index (χ2n) is 7.31. The van der Waals surface area contributed by atoms with Crippen LogP contribution in [0.3, 0.4) is 0 Å². The number of phenolic OH excluding ortho intramolecular Hbond substituents is 2. The lowest BCUT2D eigenvalue weighted by Crippen LogP contribution is -2.36. The molecule has 0 fully saturated rings. The smallest absolute Gasteiger partial charge is 0.183 e. The molecule has 2 rings (SSSR count). The van der Waals surface area contributed by atoms with Crippen LogP contribution >= 0.6 is 0 Å². The lowest BCUT2D eigenvalue weighted by Gasteiger charge is -2.31. The Morgan fingerprint density at radius 1 is 1.14 bits per heavy atom. The van der Waals surface area contributed by atoms with E-state index in [1.165, 1.54) is 21.0 Å². The topological polar surface area (TPSA) is 141 Å². The minimum Gasteiger partial charge on any atom is -0.511 e. The fourth-order valence-electron chi connectivity index (χ4n) is 3.32. The normalized spacial score (nSPS) is 16.2. The number of hydrogen-bond acceptors (Lipinski definition) is 8.